The highest BCUT2D eigenvalue weighted by molar-refractivity contribution is 6.31. The van der Waals surface area contributed by atoms with E-state index in [0.29, 0.717) is 62.4 Å². The summed E-state index contributed by atoms with van der Waals surface area (Å²) >= 11 is 6.08. The first-order chi connectivity index (χ1) is 16.9. The van der Waals surface area contributed by atoms with E-state index in [-0.39, 0.29) is 30.4 Å². The van der Waals surface area contributed by atoms with Crippen LogP contribution < -0.4 is 14.7 Å². The molecule has 0 radical (unpaired) electrons. The highest BCUT2D eigenvalue weighted by Crippen LogP contribution is 2.31. The molecule has 7 nitrogen and oxygen atoms in total. The Morgan fingerprint density at radius 3 is 2.53 bits per heavy atom. The quantitative estimate of drug-likeness (QED) is 0.481. The van der Waals surface area contributed by atoms with Crippen LogP contribution in [0.4, 0.5) is 26.4 Å². The Morgan fingerprint density at radius 1 is 0.972 bits per heavy atom. The van der Waals surface area contributed by atoms with Crippen molar-refractivity contribution in [3.63, 3.8) is 0 Å². The van der Waals surface area contributed by atoms with Crippen molar-refractivity contribution in [3.8, 4) is 11.3 Å². The second-order valence-corrected chi connectivity index (χ2v) is 9.36. The summed E-state index contributed by atoms with van der Waals surface area (Å²) in [7, 11) is 0. The van der Waals surface area contributed by atoms with E-state index in [1.54, 1.807) is 24.4 Å². The van der Waals surface area contributed by atoms with Crippen LogP contribution in [0, 0.1) is 11.6 Å². The molecule has 0 spiro atoms. The van der Waals surface area contributed by atoms with Crippen LogP contribution in [0.25, 0.3) is 11.3 Å². The summed E-state index contributed by atoms with van der Waals surface area (Å²) in [5.74, 6) is 0.926. The molecule has 0 unspecified atom stereocenters. The monoisotopic (exact) mass is 516 g/mol. The largest absolute Gasteiger partial charge is 0.377 e. The Hall–Kier alpha value is -3.04. The van der Waals surface area contributed by atoms with Crippen molar-refractivity contribution in [2.24, 2.45) is 0 Å². The van der Waals surface area contributed by atoms with Gasteiger partial charge in [-0.25, -0.2) is 18.7 Å². The van der Waals surface area contributed by atoms with Crippen LogP contribution in [-0.2, 0) is 4.74 Å². The summed E-state index contributed by atoms with van der Waals surface area (Å²) in [6, 6.07) is 9.69. The van der Waals surface area contributed by atoms with Gasteiger partial charge in [0.25, 0.3) is 0 Å². The molecule has 1 aromatic carbocycles. The van der Waals surface area contributed by atoms with Crippen LogP contribution in [0.2, 0.25) is 5.02 Å². The van der Waals surface area contributed by atoms with Gasteiger partial charge in [-0.2, -0.15) is 4.98 Å². The van der Waals surface area contributed by atoms with Crippen LogP contribution in [0.5, 0.6) is 0 Å². The first kappa shape index (κ1) is 26.0. The SMILES string of the molecule is C.C[C@@H]1CN(c2ncccc2F)CCN1c1cc(-c2ccc(F)c(Cl)c2)nc(N2CCOC[C@@H]2C)n1. The molecular formula is C26H31ClF2N6O. The lowest BCUT2D eigenvalue weighted by atomic mass is 10.1. The summed E-state index contributed by atoms with van der Waals surface area (Å²) in [6.45, 7) is 7.86. The minimum atomic E-state index is -0.474. The summed E-state index contributed by atoms with van der Waals surface area (Å²) in [4.78, 5) is 20.3. The maximum atomic E-state index is 14.3. The van der Waals surface area contributed by atoms with Gasteiger partial charge in [-0.05, 0) is 44.2 Å². The number of rotatable bonds is 4. The van der Waals surface area contributed by atoms with Gasteiger partial charge in [0.15, 0.2) is 11.6 Å². The molecule has 0 aliphatic carbocycles. The lowest BCUT2D eigenvalue weighted by molar-refractivity contribution is 0.0981. The van der Waals surface area contributed by atoms with Crippen LogP contribution >= 0.6 is 11.6 Å². The minimum Gasteiger partial charge on any atom is -0.377 e. The first-order valence-corrected chi connectivity index (χ1v) is 12.1. The zero-order chi connectivity index (χ0) is 24.5. The van der Waals surface area contributed by atoms with E-state index < -0.39 is 5.82 Å². The van der Waals surface area contributed by atoms with E-state index in [2.05, 4.69) is 28.6 Å². The molecule has 0 N–H and O–H groups in total. The number of halogens is 3. The van der Waals surface area contributed by atoms with E-state index >= 15 is 0 Å². The molecular weight excluding hydrogens is 486 g/mol. The standard InChI is InChI=1S/C25H27ClF2N6O.CH4/c1-16-14-32(24-21(28)4-3-7-29-24)8-9-33(16)23-13-22(18-5-6-20(27)19(26)12-18)30-25(31-23)34-10-11-35-15-17(34)2;/h3-7,12-13,16-17H,8-11,14-15H2,1-2H3;1H4/t16-,17+;/m1./s1. The molecule has 2 saturated heterocycles. The first-order valence-electron chi connectivity index (χ1n) is 11.7. The van der Waals surface area contributed by atoms with Gasteiger partial charge in [-0.1, -0.05) is 19.0 Å². The average Bonchev–Trinajstić information content (AvgIpc) is 2.86. The third kappa shape index (κ3) is 5.22. The number of nitrogens with zero attached hydrogens (tertiary/aromatic N) is 6. The number of hydrogen-bond donors (Lipinski definition) is 0. The number of ether oxygens (including phenoxy) is 1. The number of benzene rings is 1. The maximum Gasteiger partial charge on any atom is 0.228 e. The minimum absolute atomic E-state index is 0. The Bertz CT molecular complexity index is 1210. The summed E-state index contributed by atoms with van der Waals surface area (Å²) < 4.78 is 33.8. The third-order valence-electron chi connectivity index (χ3n) is 6.50. The number of anilines is 3. The summed E-state index contributed by atoms with van der Waals surface area (Å²) in [5, 5.41) is 0.0447. The third-order valence-corrected chi connectivity index (χ3v) is 6.79. The van der Waals surface area contributed by atoms with Crippen molar-refractivity contribution in [1.29, 1.82) is 0 Å². The Labute approximate surface area is 215 Å². The van der Waals surface area contributed by atoms with Gasteiger partial charge in [0.2, 0.25) is 5.95 Å². The maximum absolute atomic E-state index is 14.3. The second-order valence-electron chi connectivity index (χ2n) is 8.95. The van der Waals surface area contributed by atoms with Gasteiger partial charge in [-0.3, -0.25) is 0 Å². The van der Waals surface area contributed by atoms with Gasteiger partial charge in [0.1, 0.15) is 11.6 Å². The molecule has 2 fully saturated rings. The summed E-state index contributed by atoms with van der Waals surface area (Å²) in [5.41, 5.74) is 1.38. The normalized spacial score (nSPS) is 20.3. The number of hydrogen-bond acceptors (Lipinski definition) is 7. The predicted octanol–water partition coefficient (Wildman–Crippen LogP) is 5.05. The topological polar surface area (TPSA) is 57.6 Å². The van der Waals surface area contributed by atoms with Gasteiger partial charge in [0.05, 0.1) is 30.0 Å². The van der Waals surface area contributed by atoms with Crippen LogP contribution in [0.3, 0.4) is 0 Å². The van der Waals surface area contributed by atoms with Gasteiger partial charge in [-0.15, -0.1) is 0 Å². The zero-order valence-electron chi connectivity index (χ0n) is 19.7. The van der Waals surface area contributed by atoms with Crippen molar-refractivity contribution < 1.29 is 13.5 Å². The molecule has 0 saturated carbocycles. The fourth-order valence-corrected chi connectivity index (χ4v) is 4.81. The number of pyridine rings is 1. The number of morpholine rings is 1. The molecule has 2 aliphatic heterocycles. The molecule has 2 aromatic heterocycles. The van der Waals surface area contributed by atoms with Crippen LogP contribution in [-0.4, -0.2) is 66.4 Å². The Morgan fingerprint density at radius 2 is 1.81 bits per heavy atom. The Kier molecular flexibility index (Phi) is 7.90. The van der Waals surface area contributed by atoms with Crippen molar-refractivity contribution in [2.45, 2.75) is 33.4 Å². The van der Waals surface area contributed by atoms with Gasteiger partial charge in [0, 0.05) is 50.0 Å². The van der Waals surface area contributed by atoms with E-state index in [0.717, 1.165) is 5.82 Å². The highest BCUT2D eigenvalue weighted by Gasteiger charge is 2.29. The van der Waals surface area contributed by atoms with E-state index in [4.69, 9.17) is 26.3 Å². The molecule has 4 heterocycles. The average molecular weight is 517 g/mol. The van der Waals surface area contributed by atoms with E-state index in [1.165, 1.54) is 12.1 Å². The lowest BCUT2D eigenvalue weighted by Gasteiger charge is -2.41. The van der Waals surface area contributed by atoms with Crippen LogP contribution in [0.1, 0.15) is 21.3 Å². The molecule has 5 rings (SSSR count). The number of piperazine rings is 1. The molecule has 36 heavy (non-hydrogen) atoms. The smallest absolute Gasteiger partial charge is 0.228 e. The number of aromatic nitrogens is 3. The molecule has 2 atom stereocenters. The van der Waals surface area contributed by atoms with Crippen LogP contribution in [0.15, 0.2) is 42.6 Å². The highest BCUT2D eigenvalue weighted by atomic mass is 35.5. The van der Waals surface area contributed by atoms with Crippen molar-refractivity contribution in [2.75, 3.05) is 54.1 Å². The fraction of sp³-hybridized carbons (Fsp3) is 0.423. The second kappa shape index (κ2) is 10.9. The van der Waals surface area contributed by atoms with Crippen molar-refractivity contribution in [1.82, 2.24) is 15.0 Å². The Balaban J connectivity index is 0.00000304. The lowest BCUT2D eigenvalue weighted by Crippen LogP contribution is -2.53. The summed E-state index contributed by atoms with van der Waals surface area (Å²) in [6.07, 6.45) is 1.61. The fourth-order valence-electron chi connectivity index (χ4n) is 4.63. The van der Waals surface area contributed by atoms with Gasteiger partial charge < -0.3 is 19.4 Å². The molecule has 0 bridgehead atoms. The molecule has 10 heteroatoms. The predicted molar refractivity (Wildman–Crippen MR) is 140 cm³/mol. The van der Waals surface area contributed by atoms with Crippen molar-refractivity contribution in [3.05, 3.63) is 59.3 Å². The molecule has 3 aromatic rings. The van der Waals surface area contributed by atoms with E-state index in [1.807, 2.05) is 11.0 Å². The van der Waals surface area contributed by atoms with E-state index in [9.17, 15) is 8.78 Å². The molecule has 0 amide bonds. The van der Waals surface area contributed by atoms with Gasteiger partial charge >= 0.3 is 0 Å². The molecule has 192 valence electrons. The van der Waals surface area contributed by atoms with Crippen molar-refractivity contribution >= 4 is 29.2 Å². The molecule has 2 aliphatic rings. The zero-order valence-corrected chi connectivity index (χ0v) is 20.4.